The standard InChI is InChI=1S/C15H18N2OS/c1-2-11-8-9-19-13(11)10-17-15(18)14(16)12-6-4-3-5-7-12/h3-9,14H,2,10,16H2,1H3,(H,17,18)/t14-/m0/s1. The number of carbonyl (C=O) groups is 1. The molecule has 19 heavy (non-hydrogen) atoms. The second kappa shape index (κ2) is 6.50. The third-order valence-corrected chi connectivity index (χ3v) is 4.05. The Hall–Kier alpha value is -1.65. The van der Waals surface area contributed by atoms with Gasteiger partial charge in [0.25, 0.3) is 0 Å². The van der Waals surface area contributed by atoms with E-state index >= 15 is 0 Å². The minimum absolute atomic E-state index is 0.137. The Balaban J connectivity index is 1.95. The molecule has 0 spiro atoms. The van der Waals surface area contributed by atoms with Crippen molar-refractivity contribution in [3.63, 3.8) is 0 Å². The van der Waals surface area contributed by atoms with Gasteiger partial charge in [-0.1, -0.05) is 37.3 Å². The zero-order chi connectivity index (χ0) is 13.7. The maximum Gasteiger partial charge on any atom is 0.241 e. The topological polar surface area (TPSA) is 55.1 Å². The van der Waals surface area contributed by atoms with Crippen LogP contribution in [0.3, 0.4) is 0 Å². The van der Waals surface area contributed by atoms with Crippen molar-refractivity contribution in [3.8, 4) is 0 Å². The number of benzene rings is 1. The first-order chi connectivity index (χ1) is 9.22. The Labute approximate surface area is 117 Å². The summed E-state index contributed by atoms with van der Waals surface area (Å²) < 4.78 is 0. The average Bonchev–Trinajstić information content (AvgIpc) is 2.92. The van der Waals surface area contributed by atoms with Crippen molar-refractivity contribution < 1.29 is 4.79 Å². The Morgan fingerprint density at radius 2 is 2.05 bits per heavy atom. The van der Waals surface area contributed by atoms with Crippen LogP contribution in [0.4, 0.5) is 0 Å². The molecule has 0 saturated heterocycles. The summed E-state index contributed by atoms with van der Waals surface area (Å²) in [6.07, 6.45) is 0.986. The van der Waals surface area contributed by atoms with Gasteiger partial charge in [-0.05, 0) is 29.0 Å². The number of nitrogens with one attached hydrogen (secondary N) is 1. The van der Waals surface area contributed by atoms with Gasteiger partial charge in [-0.2, -0.15) is 0 Å². The van der Waals surface area contributed by atoms with Crippen LogP contribution in [0, 0.1) is 0 Å². The molecule has 1 aromatic carbocycles. The van der Waals surface area contributed by atoms with E-state index in [2.05, 4.69) is 23.7 Å². The summed E-state index contributed by atoms with van der Waals surface area (Å²) in [6, 6.07) is 10.9. The van der Waals surface area contributed by atoms with E-state index in [1.807, 2.05) is 30.3 Å². The molecule has 0 aliphatic carbocycles. The number of amides is 1. The molecule has 0 radical (unpaired) electrons. The molecule has 0 bridgehead atoms. The number of hydrogen-bond donors (Lipinski definition) is 2. The minimum Gasteiger partial charge on any atom is -0.350 e. The van der Waals surface area contributed by atoms with E-state index in [-0.39, 0.29) is 5.91 Å². The predicted molar refractivity (Wildman–Crippen MR) is 78.9 cm³/mol. The zero-order valence-corrected chi connectivity index (χ0v) is 11.7. The number of hydrogen-bond acceptors (Lipinski definition) is 3. The molecule has 3 N–H and O–H groups in total. The van der Waals surface area contributed by atoms with Crippen molar-refractivity contribution in [3.05, 3.63) is 57.8 Å². The van der Waals surface area contributed by atoms with Crippen LogP contribution >= 0.6 is 11.3 Å². The van der Waals surface area contributed by atoms with E-state index in [0.29, 0.717) is 6.54 Å². The smallest absolute Gasteiger partial charge is 0.241 e. The molecule has 100 valence electrons. The summed E-state index contributed by atoms with van der Waals surface area (Å²) >= 11 is 1.67. The molecule has 0 aliphatic heterocycles. The molecule has 0 fully saturated rings. The SMILES string of the molecule is CCc1ccsc1CNC(=O)[C@@H](N)c1ccccc1. The highest BCUT2D eigenvalue weighted by atomic mass is 32.1. The summed E-state index contributed by atoms with van der Waals surface area (Å²) in [6.45, 7) is 2.67. The molecule has 2 aromatic rings. The Kier molecular flexibility index (Phi) is 4.71. The molecule has 1 atom stereocenters. The van der Waals surface area contributed by atoms with E-state index in [9.17, 15) is 4.79 Å². The second-order valence-electron chi connectivity index (χ2n) is 4.33. The van der Waals surface area contributed by atoms with E-state index in [4.69, 9.17) is 5.73 Å². The number of rotatable bonds is 5. The summed E-state index contributed by atoms with van der Waals surface area (Å²) in [4.78, 5) is 13.2. The molecular formula is C15H18N2OS. The van der Waals surface area contributed by atoms with E-state index in [0.717, 1.165) is 12.0 Å². The van der Waals surface area contributed by atoms with Crippen molar-refractivity contribution in [2.75, 3.05) is 0 Å². The monoisotopic (exact) mass is 274 g/mol. The zero-order valence-electron chi connectivity index (χ0n) is 10.9. The molecule has 0 saturated carbocycles. The minimum atomic E-state index is -0.605. The van der Waals surface area contributed by atoms with Gasteiger partial charge in [0, 0.05) is 4.88 Å². The van der Waals surface area contributed by atoms with Gasteiger partial charge in [-0.15, -0.1) is 11.3 Å². The second-order valence-corrected chi connectivity index (χ2v) is 5.33. The molecule has 0 unspecified atom stereocenters. The van der Waals surface area contributed by atoms with Gasteiger partial charge in [-0.3, -0.25) is 4.79 Å². The normalized spacial score (nSPS) is 12.1. The lowest BCUT2D eigenvalue weighted by atomic mass is 10.1. The van der Waals surface area contributed by atoms with Gasteiger partial charge in [0.2, 0.25) is 5.91 Å². The molecule has 1 heterocycles. The molecule has 3 nitrogen and oxygen atoms in total. The predicted octanol–water partition coefficient (Wildman–Crippen LogP) is 2.63. The molecule has 1 amide bonds. The number of nitrogens with two attached hydrogens (primary N) is 1. The summed E-state index contributed by atoms with van der Waals surface area (Å²) in [5.41, 5.74) is 8.07. The van der Waals surface area contributed by atoms with Crippen LogP contribution < -0.4 is 11.1 Å². The van der Waals surface area contributed by atoms with Gasteiger partial charge in [0.05, 0.1) is 6.54 Å². The maximum absolute atomic E-state index is 12.0. The highest BCUT2D eigenvalue weighted by molar-refractivity contribution is 7.10. The molecular weight excluding hydrogens is 256 g/mol. The van der Waals surface area contributed by atoms with E-state index in [1.165, 1.54) is 10.4 Å². The quantitative estimate of drug-likeness (QED) is 0.880. The van der Waals surface area contributed by atoms with Crippen molar-refractivity contribution in [2.24, 2.45) is 5.73 Å². The van der Waals surface area contributed by atoms with Gasteiger partial charge in [-0.25, -0.2) is 0 Å². The third kappa shape index (κ3) is 3.43. The fourth-order valence-corrected chi connectivity index (χ4v) is 2.84. The molecule has 2 rings (SSSR count). The van der Waals surface area contributed by atoms with Crippen molar-refractivity contribution in [1.29, 1.82) is 0 Å². The maximum atomic E-state index is 12.0. The third-order valence-electron chi connectivity index (χ3n) is 3.08. The Morgan fingerprint density at radius 1 is 1.32 bits per heavy atom. The van der Waals surface area contributed by atoms with Crippen molar-refractivity contribution in [1.82, 2.24) is 5.32 Å². The molecule has 4 heteroatoms. The lowest BCUT2D eigenvalue weighted by Crippen LogP contribution is -2.33. The first-order valence-electron chi connectivity index (χ1n) is 6.36. The largest absolute Gasteiger partial charge is 0.350 e. The highest BCUT2D eigenvalue weighted by Gasteiger charge is 2.15. The van der Waals surface area contributed by atoms with Gasteiger partial charge in [0.15, 0.2) is 0 Å². The fraction of sp³-hybridized carbons (Fsp3) is 0.267. The van der Waals surface area contributed by atoms with Crippen LogP contribution in [-0.4, -0.2) is 5.91 Å². The Morgan fingerprint density at radius 3 is 2.74 bits per heavy atom. The van der Waals surface area contributed by atoms with Crippen LogP contribution in [0.2, 0.25) is 0 Å². The van der Waals surface area contributed by atoms with Crippen molar-refractivity contribution in [2.45, 2.75) is 25.9 Å². The summed E-state index contributed by atoms with van der Waals surface area (Å²) in [5, 5.41) is 4.96. The van der Waals surface area contributed by atoms with Gasteiger partial charge < -0.3 is 11.1 Å². The number of aryl methyl sites for hydroxylation is 1. The molecule has 0 aliphatic rings. The van der Waals surface area contributed by atoms with E-state index in [1.54, 1.807) is 11.3 Å². The van der Waals surface area contributed by atoms with Gasteiger partial charge in [0.1, 0.15) is 6.04 Å². The highest BCUT2D eigenvalue weighted by Crippen LogP contribution is 2.17. The van der Waals surface area contributed by atoms with Gasteiger partial charge >= 0.3 is 0 Å². The Bertz CT molecular complexity index is 536. The van der Waals surface area contributed by atoms with Crippen LogP contribution in [0.5, 0.6) is 0 Å². The van der Waals surface area contributed by atoms with Crippen LogP contribution in [0.1, 0.15) is 29.0 Å². The van der Waals surface area contributed by atoms with Crippen LogP contribution in [0.15, 0.2) is 41.8 Å². The number of thiophene rings is 1. The number of carbonyl (C=O) groups excluding carboxylic acids is 1. The lowest BCUT2D eigenvalue weighted by molar-refractivity contribution is -0.122. The van der Waals surface area contributed by atoms with E-state index < -0.39 is 6.04 Å². The first kappa shape index (κ1) is 13.8. The van der Waals surface area contributed by atoms with Crippen molar-refractivity contribution >= 4 is 17.2 Å². The van der Waals surface area contributed by atoms with Crippen LogP contribution in [-0.2, 0) is 17.8 Å². The first-order valence-corrected chi connectivity index (χ1v) is 7.23. The summed E-state index contributed by atoms with van der Waals surface area (Å²) in [7, 11) is 0. The molecule has 1 aromatic heterocycles. The average molecular weight is 274 g/mol. The lowest BCUT2D eigenvalue weighted by Gasteiger charge is -2.12. The summed E-state index contributed by atoms with van der Waals surface area (Å²) in [5.74, 6) is -0.137. The fourth-order valence-electron chi connectivity index (χ4n) is 1.93. The van der Waals surface area contributed by atoms with Crippen LogP contribution in [0.25, 0.3) is 0 Å².